The molecule has 0 radical (unpaired) electrons. The summed E-state index contributed by atoms with van der Waals surface area (Å²) >= 11 is 0. The lowest BCUT2D eigenvalue weighted by Crippen LogP contribution is -2.31. The van der Waals surface area contributed by atoms with Crippen LogP contribution in [0.5, 0.6) is 0 Å². The molecule has 2 rings (SSSR count). The van der Waals surface area contributed by atoms with Crippen LogP contribution in [-0.4, -0.2) is 11.9 Å². The van der Waals surface area contributed by atoms with Crippen molar-refractivity contribution in [3.8, 4) is 0 Å². The summed E-state index contributed by atoms with van der Waals surface area (Å²) in [7, 11) is 0. The molecule has 0 bridgehead atoms. The molecule has 19 heavy (non-hydrogen) atoms. The van der Waals surface area contributed by atoms with Crippen LogP contribution < -0.4 is 10.6 Å². The quantitative estimate of drug-likeness (QED) is 0.883. The summed E-state index contributed by atoms with van der Waals surface area (Å²) in [5, 5.41) is 5.81. The van der Waals surface area contributed by atoms with Crippen molar-refractivity contribution in [1.82, 2.24) is 0 Å². The monoisotopic (exact) mass is 258 g/mol. The van der Waals surface area contributed by atoms with Crippen LogP contribution in [0.2, 0.25) is 0 Å². The fourth-order valence-corrected chi connectivity index (χ4v) is 1.63. The number of carbonyl (C=O) groups excluding carboxylic acids is 1. The highest BCUT2D eigenvalue weighted by atomic mass is 19.1. The number of benzene rings is 2. The molecule has 2 N–H and O–H groups in total. The zero-order chi connectivity index (χ0) is 13.7. The van der Waals surface area contributed by atoms with Crippen LogP contribution in [0.1, 0.15) is 6.92 Å². The molecule has 0 saturated heterocycles. The predicted octanol–water partition coefficient (Wildman–Crippen LogP) is 3.26. The second-order valence-electron chi connectivity index (χ2n) is 4.23. The van der Waals surface area contributed by atoms with Gasteiger partial charge >= 0.3 is 0 Å². The van der Waals surface area contributed by atoms with Crippen LogP contribution in [0, 0.1) is 5.82 Å². The minimum absolute atomic E-state index is 0.171. The lowest BCUT2D eigenvalue weighted by molar-refractivity contribution is -0.116. The molecule has 1 amide bonds. The van der Waals surface area contributed by atoms with E-state index in [4.69, 9.17) is 0 Å². The predicted molar refractivity (Wildman–Crippen MR) is 74.6 cm³/mol. The molecule has 1 atom stereocenters. The van der Waals surface area contributed by atoms with Crippen molar-refractivity contribution in [2.24, 2.45) is 0 Å². The highest BCUT2D eigenvalue weighted by molar-refractivity contribution is 5.96. The molecule has 0 aliphatic carbocycles. The number of para-hydroxylation sites is 1. The molecule has 0 unspecified atom stereocenters. The molecule has 3 nitrogen and oxygen atoms in total. The molecule has 0 saturated carbocycles. The van der Waals surface area contributed by atoms with Gasteiger partial charge in [-0.15, -0.1) is 0 Å². The minimum Gasteiger partial charge on any atom is -0.374 e. The van der Waals surface area contributed by atoms with Crippen molar-refractivity contribution in [1.29, 1.82) is 0 Å². The van der Waals surface area contributed by atoms with Gasteiger partial charge < -0.3 is 10.6 Å². The minimum atomic E-state index is -0.382. The summed E-state index contributed by atoms with van der Waals surface area (Å²) in [5.74, 6) is -0.496. The smallest absolute Gasteiger partial charge is 0.246 e. The van der Waals surface area contributed by atoms with Gasteiger partial charge in [-0.2, -0.15) is 0 Å². The van der Waals surface area contributed by atoms with Crippen LogP contribution in [0.15, 0.2) is 54.6 Å². The molecule has 0 heterocycles. The van der Waals surface area contributed by atoms with E-state index in [9.17, 15) is 9.18 Å². The summed E-state index contributed by atoms with van der Waals surface area (Å²) in [6, 6.07) is 14.8. The first-order chi connectivity index (χ1) is 9.15. The van der Waals surface area contributed by atoms with Crippen molar-refractivity contribution in [2.45, 2.75) is 13.0 Å². The van der Waals surface area contributed by atoms with E-state index in [2.05, 4.69) is 10.6 Å². The van der Waals surface area contributed by atoms with E-state index in [1.165, 1.54) is 24.3 Å². The molecule has 2 aromatic carbocycles. The van der Waals surface area contributed by atoms with Gasteiger partial charge in [0.15, 0.2) is 0 Å². The second kappa shape index (κ2) is 6.00. The van der Waals surface area contributed by atoms with Crippen LogP contribution in [0.3, 0.4) is 0 Å². The normalized spacial score (nSPS) is 11.7. The standard InChI is InChI=1S/C15H15FN2O/c1-11(17-13-5-3-2-4-6-13)15(19)18-14-9-7-12(16)8-10-14/h2-11,17H,1H3,(H,18,19)/t11-/m1/s1. The van der Waals surface area contributed by atoms with Crippen molar-refractivity contribution in [3.63, 3.8) is 0 Å². The zero-order valence-corrected chi connectivity index (χ0v) is 10.6. The molecule has 0 spiro atoms. The largest absolute Gasteiger partial charge is 0.374 e. The number of hydrogen-bond donors (Lipinski definition) is 2. The first-order valence-electron chi connectivity index (χ1n) is 6.03. The van der Waals surface area contributed by atoms with E-state index < -0.39 is 0 Å². The van der Waals surface area contributed by atoms with E-state index in [1.807, 2.05) is 30.3 Å². The molecule has 0 aromatic heterocycles. The highest BCUT2D eigenvalue weighted by Crippen LogP contribution is 2.11. The Morgan fingerprint density at radius 1 is 1.00 bits per heavy atom. The Morgan fingerprint density at radius 2 is 1.63 bits per heavy atom. The van der Waals surface area contributed by atoms with Crippen LogP contribution >= 0.6 is 0 Å². The fraction of sp³-hybridized carbons (Fsp3) is 0.133. The SMILES string of the molecule is C[C@@H](Nc1ccccc1)C(=O)Nc1ccc(F)cc1. The summed E-state index contributed by atoms with van der Waals surface area (Å²) in [6.45, 7) is 1.77. The van der Waals surface area contributed by atoms with Gasteiger partial charge in [0.25, 0.3) is 0 Å². The van der Waals surface area contributed by atoms with Gasteiger partial charge in [-0.1, -0.05) is 18.2 Å². The lowest BCUT2D eigenvalue weighted by Gasteiger charge is -2.15. The highest BCUT2D eigenvalue weighted by Gasteiger charge is 2.12. The Morgan fingerprint density at radius 3 is 2.26 bits per heavy atom. The van der Waals surface area contributed by atoms with E-state index in [1.54, 1.807) is 6.92 Å². The number of hydrogen-bond acceptors (Lipinski definition) is 2. The first-order valence-corrected chi connectivity index (χ1v) is 6.03. The third-order valence-electron chi connectivity index (χ3n) is 2.66. The lowest BCUT2D eigenvalue weighted by atomic mass is 10.2. The zero-order valence-electron chi connectivity index (χ0n) is 10.6. The summed E-state index contributed by atoms with van der Waals surface area (Å²) in [5.41, 5.74) is 1.46. The average molecular weight is 258 g/mol. The number of anilines is 2. The maximum absolute atomic E-state index is 12.7. The molecule has 2 aromatic rings. The molecular formula is C15H15FN2O. The van der Waals surface area contributed by atoms with E-state index >= 15 is 0 Å². The van der Waals surface area contributed by atoms with Gasteiger partial charge in [-0.05, 0) is 43.3 Å². The second-order valence-corrected chi connectivity index (χ2v) is 4.23. The Labute approximate surface area is 111 Å². The molecule has 0 aliphatic heterocycles. The maximum atomic E-state index is 12.7. The maximum Gasteiger partial charge on any atom is 0.246 e. The van der Waals surface area contributed by atoms with Crippen molar-refractivity contribution >= 4 is 17.3 Å². The Kier molecular flexibility index (Phi) is 4.13. The Bertz CT molecular complexity index is 540. The number of nitrogens with one attached hydrogen (secondary N) is 2. The van der Waals surface area contributed by atoms with Gasteiger partial charge in [0.2, 0.25) is 5.91 Å². The third kappa shape index (κ3) is 3.81. The van der Waals surface area contributed by atoms with Gasteiger partial charge in [0.1, 0.15) is 11.9 Å². The number of halogens is 1. The van der Waals surface area contributed by atoms with Crippen molar-refractivity contribution in [3.05, 3.63) is 60.4 Å². The Hall–Kier alpha value is -2.36. The molecular weight excluding hydrogens is 243 g/mol. The fourth-order valence-electron chi connectivity index (χ4n) is 1.63. The summed E-state index contributed by atoms with van der Waals surface area (Å²) in [6.07, 6.45) is 0. The van der Waals surface area contributed by atoms with Crippen LogP contribution in [0.25, 0.3) is 0 Å². The topological polar surface area (TPSA) is 41.1 Å². The summed E-state index contributed by atoms with van der Waals surface area (Å²) in [4.78, 5) is 11.9. The number of amides is 1. The number of rotatable bonds is 4. The van der Waals surface area contributed by atoms with Gasteiger partial charge in [-0.25, -0.2) is 4.39 Å². The van der Waals surface area contributed by atoms with Gasteiger partial charge in [0.05, 0.1) is 0 Å². The molecule has 98 valence electrons. The van der Waals surface area contributed by atoms with E-state index in [-0.39, 0.29) is 17.8 Å². The van der Waals surface area contributed by atoms with Crippen molar-refractivity contribution < 1.29 is 9.18 Å². The number of carbonyl (C=O) groups is 1. The third-order valence-corrected chi connectivity index (χ3v) is 2.66. The van der Waals surface area contributed by atoms with Gasteiger partial charge in [-0.3, -0.25) is 4.79 Å². The van der Waals surface area contributed by atoms with E-state index in [0.29, 0.717) is 5.69 Å². The first kappa shape index (κ1) is 13.1. The summed E-state index contributed by atoms with van der Waals surface area (Å²) < 4.78 is 12.7. The van der Waals surface area contributed by atoms with Gasteiger partial charge in [0, 0.05) is 11.4 Å². The van der Waals surface area contributed by atoms with Crippen LogP contribution in [-0.2, 0) is 4.79 Å². The van der Waals surface area contributed by atoms with Crippen molar-refractivity contribution in [2.75, 3.05) is 10.6 Å². The van der Waals surface area contributed by atoms with Crippen LogP contribution in [0.4, 0.5) is 15.8 Å². The molecule has 4 heteroatoms. The Balaban J connectivity index is 1.94. The molecule has 0 fully saturated rings. The average Bonchev–Trinajstić information content (AvgIpc) is 2.42. The van der Waals surface area contributed by atoms with E-state index in [0.717, 1.165) is 5.69 Å². The molecule has 0 aliphatic rings.